The highest BCUT2D eigenvalue weighted by atomic mass is 16.3. The van der Waals surface area contributed by atoms with Crippen LogP contribution in [0, 0.1) is 0 Å². The lowest BCUT2D eigenvalue weighted by atomic mass is 10.0. The molecule has 0 spiro atoms. The number of aromatic amines is 1. The van der Waals surface area contributed by atoms with Gasteiger partial charge in [0.2, 0.25) is 11.8 Å². The van der Waals surface area contributed by atoms with E-state index in [4.69, 9.17) is 0 Å². The first-order valence-corrected chi connectivity index (χ1v) is 9.77. The topological polar surface area (TPSA) is 94.2 Å². The lowest BCUT2D eigenvalue weighted by Crippen LogP contribution is -2.55. The van der Waals surface area contributed by atoms with Crippen LogP contribution in [0.15, 0.2) is 54.7 Å². The van der Waals surface area contributed by atoms with Gasteiger partial charge in [0.15, 0.2) is 0 Å². The van der Waals surface area contributed by atoms with Gasteiger partial charge in [0, 0.05) is 30.1 Å². The maximum atomic E-state index is 12.5. The maximum Gasteiger partial charge on any atom is 0.245 e. The molecule has 6 heteroatoms. The third-order valence-corrected chi connectivity index (χ3v) is 4.95. The van der Waals surface area contributed by atoms with E-state index in [9.17, 15) is 14.7 Å². The van der Waals surface area contributed by atoms with Crippen molar-refractivity contribution >= 4 is 22.7 Å². The highest BCUT2D eigenvalue weighted by molar-refractivity contribution is 5.90. The highest BCUT2D eigenvalue weighted by Crippen LogP contribution is 2.18. The van der Waals surface area contributed by atoms with E-state index in [1.807, 2.05) is 24.4 Å². The number of fused-ring (bicyclic) bond motifs is 1. The van der Waals surface area contributed by atoms with Gasteiger partial charge in [0.05, 0.1) is 0 Å². The van der Waals surface area contributed by atoms with Crippen molar-refractivity contribution in [2.45, 2.75) is 38.6 Å². The summed E-state index contributed by atoms with van der Waals surface area (Å²) >= 11 is 0. The molecule has 2 amide bonds. The number of para-hydroxylation sites is 1. The largest absolute Gasteiger partial charge is 0.508 e. The first kappa shape index (κ1) is 20.5. The number of hydrogen-bond acceptors (Lipinski definition) is 3. The molecule has 0 saturated carbocycles. The number of H-pyrrole nitrogens is 1. The second-order valence-electron chi connectivity index (χ2n) is 7.71. The number of carbonyl (C=O) groups is 2. The van der Waals surface area contributed by atoms with E-state index in [1.165, 1.54) is 0 Å². The molecule has 0 bridgehead atoms. The molecule has 2 aromatic carbocycles. The van der Waals surface area contributed by atoms with Gasteiger partial charge in [-0.3, -0.25) is 9.59 Å². The van der Waals surface area contributed by atoms with Gasteiger partial charge in [-0.05, 0) is 56.0 Å². The molecule has 0 saturated heterocycles. The van der Waals surface area contributed by atoms with Crippen molar-refractivity contribution < 1.29 is 14.7 Å². The summed E-state index contributed by atoms with van der Waals surface area (Å²) in [6.07, 6.45) is 3.49. The Morgan fingerprint density at radius 3 is 2.52 bits per heavy atom. The molecule has 3 rings (SSSR count). The number of hydrogen-bond donors (Lipinski definition) is 4. The third kappa shape index (κ3) is 5.38. The molecule has 3 aromatic rings. The van der Waals surface area contributed by atoms with Crippen LogP contribution in [0.3, 0.4) is 0 Å². The normalized spacial score (nSPS) is 11.4. The molecule has 1 aromatic heterocycles. The van der Waals surface area contributed by atoms with Crippen molar-refractivity contribution in [3.8, 4) is 5.75 Å². The third-order valence-electron chi connectivity index (χ3n) is 4.95. The van der Waals surface area contributed by atoms with E-state index in [2.05, 4.69) is 21.7 Å². The van der Waals surface area contributed by atoms with Crippen LogP contribution in [0.2, 0.25) is 0 Å². The summed E-state index contributed by atoms with van der Waals surface area (Å²) in [5, 5.41) is 16.2. The molecule has 152 valence electrons. The number of nitrogens with one attached hydrogen (secondary N) is 3. The van der Waals surface area contributed by atoms with E-state index in [0.717, 1.165) is 22.0 Å². The van der Waals surface area contributed by atoms with Crippen LogP contribution in [-0.4, -0.2) is 34.0 Å². The monoisotopic (exact) mass is 393 g/mol. The van der Waals surface area contributed by atoms with E-state index in [1.54, 1.807) is 38.1 Å². The molecule has 29 heavy (non-hydrogen) atoms. The van der Waals surface area contributed by atoms with Crippen LogP contribution in [0.5, 0.6) is 5.75 Å². The highest BCUT2D eigenvalue weighted by Gasteiger charge is 2.28. The molecule has 1 heterocycles. The van der Waals surface area contributed by atoms with Crippen LogP contribution in [0.1, 0.15) is 31.4 Å². The summed E-state index contributed by atoms with van der Waals surface area (Å²) in [6, 6.07) is 14.8. The van der Waals surface area contributed by atoms with Gasteiger partial charge in [-0.15, -0.1) is 0 Å². The van der Waals surface area contributed by atoms with Crippen LogP contribution in [-0.2, 0) is 22.4 Å². The van der Waals surface area contributed by atoms with Gasteiger partial charge < -0.3 is 20.7 Å². The molecular weight excluding hydrogens is 366 g/mol. The summed E-state index contributed by atoms with van der Waals surface area (Å²) in [5.41, 5.74) is 2.19. The van der Waals surface area contributed by atoms with Gasteiger partial charge in [0.1, 0.15) is 11.3 Å². The number of amides is 2. The van der Waals surface area contributed by atoms with Crippen molar-refractivity contribution in [3.63, 3.8) is 0 Å². The Bertz CT molecular complexity index is 990. The average Bonchev–Trinajstić information content (AvgIpc) is 3.10. The fraction of sp³-hybridized carbons (Fsp3) is 0.304. The smallest absolute Gasteiger partial charge is 0.245 e. The second-order valence-corrected chi connectivity index (χ2v) is 7.71. The van der Waals surface area contributed by atoms with Crippen molar-refractivity contribution in [2.75, 3.05) is 6.54 Å². The summed E-state index contributed by atoms with van der Waals surface area (Å²) < 4.78 is 0. The Hall–Kier alpha value is -3.28. The van der Waals surface area contributed by atoms with Crippen LogP contribution in [0.25, 0.3) is 10.9 Å². The second kappa shape index (κ2) is 8.82. The molecule has 0 atom stereocenters. The van der Waals surface area contributed by atoms with Gasteiger partial charge in [-0.25, -0.2) is 0 Å². The fourth-order valence-corrected chi connectivity index (χ4v) is 3.26. The molecule has 0 fully saturated rings. The Balaban J connectivity index is 1.46. The van der Waals surface area contributed by atoms with E-state index in [0.29, 0.717) is 19.4 Å². The summed E-state index contributed by atoms with van der Waals surface area (Å²) in [6.45, 7) is 3.90. The number of aromatic nitrogens is 1. The standard InChI is InChI=1S/C23H27N3O3/c1-23(2,26-21(28)12-9-16-7-10-18(27)11-8-16)22(29)24-14-13-17-15-25-20-6-4-3-5-19(17)20/h3-8,10-11,15,25,27H,9,12-14H2,1-2H3,(H,24,29)(H,26,28). The average molecular weight is 393 g/mol. The minimum Gasteiger partial charge on any atom is -0.508 e. The molecule has 0 aliphatic heterocycles. The summed E-state index contributed by atoms with van der Waals surface area (Å²) in [4.78, 5) is 28.0. The Kier molecular flexibility index (Phi) is 6.22. The Morgan fingerprint density at radius 1 is 1.03 bits per heavy atom. The van der Waals surface area contributed by atoms with E-state index in [-0.39, 0.29) is 24.0 Å². The number of benzene rings is 2. The predicted octanol–water partition coefficient (Wildman–Crippen LogP) is 3.06. The lowest BCUT2D eigenvalue weighted by Gasteiger charge is -2.25. The molecule has 0 aliphatic rings. The zero-order chi connectivity index (χ0) is 20.9. The molecule has 0 radical (unpaired) electrons. The van der Waals surface area contributed by atoms with Crippen molar-refractivity contribution in [1.29, 1.82) is 0 Å². The lowest BCUT2D eigenvalue weighted by molar-refractivity contribution is -0.132. The predicted molar refractivity (Wildman–Crippen MR) is 114 cm³/mol. The summed E-state index contributed by atoms with van der Waals surface area (Å²) in [5.74, 6) is -0.200. The van der Waals surface area contributed by atoms with Crippen molar-refractivity contribution in [1.82, 2.24) is 15.6 Å². The number of rotatable bonds is 8. The number of aromatic hydroxyl groups is 1. The fourth-order valence-electron chi connectivity index (χ4n) is 3.26. The zero-order valence-electron chi connectivity index (χ0n) is 16.8. The minimum atomic E-state index is -0.994. The van der Waals surface area contributed by atoms with Crippen LogP contribution < -0.4 is 10.6 Å². The maximum absolute atomic E-state index is 12.5. The first-order valence-electron chi connectivity index (χ1n) is 9.77. The zero-order valence-corrected chi connectivity index (χ0v) is 16.8. The van der Waals surface area contributed by atoms with Gasteiger partial charge >= 0.3 is 0 Å². The molecule has 0 unspecified atom stereocenters. The van der Waals surface area contributed by atoms with Crippen LogP contribution in [0.4, 0.5) is 0 Å². The van der Waals surface area contributed by atoms with E-state index >= 15 is 0 Å². The van der Waals surface area contributed by atoms with Gasteiger partial charge in [-0.2, -0.15) is 0 Å². The Morgan fingerprint density at radius 2 is 1.76 bits per heavy atom. The Labute approximate surface area is 170 Å². The van der Waals surface area contributed by atoms with Crippen molar-refractivity contribution in [2.24, 2.45) is 0 Å². The number of phenols is 1. The number of aryl methyl sites for hydroxylation is 1. The quantitative estimate of drug-likeness (QED) is 0.474. The SMILES string of the molecule is CC(C)(NC(=O)CCc1ccc(O)cc1)C(=O)NCCc1c[nH]c2ccccc12. The van der Waals surface area contributed by atoms with Gasteiger partial charge in [-0.1, -0.05) is 30.3 Å². The van der Waals surface area contributed by atoms with Crippen LogP contribution >= 0.6 is 0 Å². The number of phenolic OH excluding ortho intramolecular Hbond substituents is 1. The summed E-state index contributed by atoms with van der Waals surface area (Å²) in [7, 11) is 0. The molecule has 0 aliphatic carbocycles. The van der Waals surface area contributed by atoms with Crippen molar-refractivity contribution in [3.05, 3.63) is 65.9 Å². The first-order chi connectivity index (χ1) is 13.8. The van der Waals surface area contributed by atoms with E-state index < -0.39 is 5.54 Å². The molecule has 4 N–H and O–H groups in total. The minimum absolute atomic E-state index is 0.185. The molecular formula is C23H27N3O3. The molecule has 6 nitrogen and oxygen atoms in total. The number of carbonyl (C=O) groups excluding carboxylic acids is 2. The van der Waals surface area contributed by atoms with Gasteiger partial charge in [0.25, 0.3) is 0 Å².